The second kappa shape index (κ2) is 13.1. The van der Waals surface area contributed by atoms with Gasteiger partial charge in [0.25, 0.3) is 5.91 Å². The number of benzene rings is 2. The number of pyridine rings is 1. The van der Waals surface area contributed by atoms with Gasteiger partial charge < -0.3 is 30.1 Å². The van der Waals surface area contributed by atoms with Gasteiger partial charge >= 0.3 is 12.1 Å². The van der Waals surface area contributed by atoms with Gasteiger partial charge in [0.15, 0.2) is 5.82 Å². The lowest BCUT2D eigenvalue weighted by Gasteiger charge is -2.37. The molecule has 4 heterocycles. The minimum atomic E-state index is -5.21. The molecule has 4 aromatic rings. The fourth-order valence-electron chi connectivity index (χ4n) is 5.69. The van der Waals surface area contributed by atoms with Crippen molar-refractivity contribution in [2.75, 3.05) is 66.9 Å². The van der Waals surface area contributed by atoms with Crippen LogP contribution in [0.15, 0.2) is 48.5 Å². The number of nitrogens with one attached hydrogen (secondary N) is 3. The first kappa shape index (κ1) is 32.1. The second-order valence-corrected chi connectivity index (χ2v) is 11.4. The van der Waals surface area contributed by atoms with E-state index in [1.165, 1.54) is 18.2 Å². The van der Waals surface area contributed by atoms with Crippen LogP contribution in [0.3, 0.4) is 0 Å². The van der Waals surface area contributed by atoms with Crippen molar-refractivity contribution in [2.24, 2.45) is 0 Å². The van der Waals surface area contributed by atoms with E-state index in [4.69, 9.17) is 4.74 Å². The molecule has 11 nitrogen and oxygen atoms in total. The second-order valence-electron chi connectivity index (χ2n) is 11.4. The first-order valence-electron chi connectivity index (χ1n) is 14.9. The topological polar surface area (TPSA) is 119 Å². The lowest BCUT2D eigenvalue weighted by Crippen LogP contribution is -2.50. The van der Waals surface area contributed by atoms with E-state index in [9.17, 15) is 31.5 Å². The fourth-order valence-corrected chi connectivity index (χ4v) is 5.69. The highest BCUT2D eigenvalue weighted by Gasteiger charge is 2.46. The number of halogens is 5. The van der Waals surface area contributed by atoms with E-state index in [1.807, 2.05) is 11.9 Å². The Bertz CT molecular complexity index is 1780. The summed E-state index contributed by atoms with van der Waals surface area (Å²) >= 11 is 0. The van der Waals surface area contributed by atoms with Gasteiger partial charge in [-0.2, -0.15) is 18.3 Å². The molecular formula is C31H31F5N8O3. The number of piperazine rings is 1. The van der Waals surface area contributed by atoms with Crippen molar-refractivity contribution in [3.63, 3.8) is 0 Å². The minimum absolute atomic E-state index is 0.0674. The molecule has 2 aromatic heterocycles. The molecule has 2 aliphatic rings. The van der Waals surface area contributed by atoms with Crippen LogP contribution in [-0.4, -0.2) is 90.6 Å². The SMILES string of the molecule is CN1CCN(c2ccc(C(=O)Nc3n[nH]c4ccc(Nc5cc(F)ccc5F)nc34)c(N(C(=O)C(F)(F)F)C3CCOCC3)c2)CC1. The van der Waals surface area contributed by atoms with Gasteiger partial charge in [-0.25, -0.2) is 13.8 Å². The lowest BCUT2D eigenvalue weighted by molar-refractivity contribution is -0.171. The van der Waals surface area contributed by atoms with Gasteiger partial charge in [-0.1, -0.05) is 0 Å². The van der Waals surface area contributed by atoms with Crippen LogP contribution in [-0.2, 0) is 9.53 Å². The molecule has 0 aliphatic carbocycles. The number of alkyl halides is 3. The molecule has 0 bridgehead atoms. The normalized spacial score (nSPS) is 16.3. The molecule has 6 rings (SSSR count). The number of anilines is 5. The summed E-state index contributed by atoms with van der Waals surface area (Å²) in [5.41, 5.74) is 0.558. The Morgan fingerprint density at radius 3 is 2.47 bits per heavy atom. The maximum absolute atomic E-state index is 14.2. The highest BCUT2D eigenvalue weighted by atomic mass is 19.4. The van der Waals surface area contributed by atoms with Crippen LogP contribution < -0.4 is 20.4 Å². The van der Waals surface area contributed by atoms with E-state index < -0.39 is 35.7 Å². The predicted octanol–water partition coefficient (Wildman–Crippen LogP) is 5.06. The number of likely N-dealkylation sites (N-methyl/N-ethyl adjacent to an activating group) is 1. The Morgan fingerprint density at radius 1 is 1.00 bits per heavy atom. The quantitative estimate of drug-likeness (QED) is 0.236. The fraction of sp³-hybridized carbons (Fsp3) is 0.355. The lowest BCUT2D eigenvalue weighted by atomic mass is 10.0. The van der Waals surface area contributed by atoms with E-state index >= 15 is 0 Å². The van der Waals surface area contributed by atoms with Crippen LogP contribution in [0.5, 0.6) is 0 Å². The Kier molecular flexibility index (Phi) is 8.96. The predicted molar refractivity (Wildman–Crippen MR) is 165 cm³/mol. The molecule has 2 amide bonds. The van der Waals surface area contributed by atoms with E-state index in [-0.39, 0.29) is 60.1 Å². The Morgan fingerprint density at radius 2 is 1.74 bits per heavy atom. The largest absolute Gasteiger partial charge is 0.471 e. The molecule has 47 heavy (non-hydrogen) atoms. The third kappa shape index (κ3) is 6.97. The number of carbonyl (C=O) groups is 2. The van der Waals surface area contributed by atoms with Crippen molar-refractivity contribution in [2.45, 2.75) is 25.1 Å². The van der Waals surface area contributed by atoms with Gasteiger partial charge in [0.2, 0.25) is 0 Å². The molecule has 0 saturated carbocycles. The van der Waals surface area contributed by atoms with Gasteiger partial charge in [-0.3, -0.25) is 14.7 Å². The molecule has 0 atom stereocenters. The molecule has 2 aromatic carbocycles. The Balaban J connectivity index is 1.37. The molecule has 0 radical (unpaired) electrons. The average molecular weight is 659 g/mol. The van der Waals surface area contributed by atoms with Crippen molar-refractivity contribution in [3.05, 3.63) is 65.7 Å². The molecule has 2 fully saturated rings. The van der Waals surface area contributed by atoms with Crippen molar-refractivity contribution in [1.82, 2.24) is 20.1 Å². The zero-order valence-electron chi connectivity index (χ0n) is 25.2. The zero-order chi connectivity index (χ0) is 33.3. The number of nitrogens with zero attached hydrogens (tertiary/aromatic N) is 5. The molecule has 2 aliphatic heterocycles. The van der Waals surface area contributed by atoms with Gasteiger partial charge in [0.1, 0.15) is 23.0 Å². The molecule has 2 saturated heterocycles. The summed E-state index contributed by atoms with van der Waals surface area (Å²) < 4.78 is 75.5. The highest BCUT2D eigenvalue weighted by Crippen LogP contribution is 2.35. The maximum atomic E-state index is 14.2. The number of rotatable bonds is 7. The van der Waals surface area contributed by atoms with Crippen molar-refractivity contribution in [1.29, 1.82) is 0 Å². The van der Waals surface area contributed by atoms with E-state index in [0.29, 0.717) is 29.2 Å². The summed E-state index contributed by atoms with van der Waals surface area (Å²) in [6.07, 6.45) is -4.91. The standard InChI is InChI=1S/C31H31F5N8O3/c1-42-10-12-43(13-11-42)20-3-4-21(25(17-20)44(30(46)31(34,35)36)19-8-14-47-15-9-19)29(45)39-28-27-23(40-41-28)6-7-26(38-27)37-24-16-18(32)2-5-22(24)33/h2-7,16-17,19H,8-15H2,1H3,(H,37,38)(H2,39,40,41,45). The maximum Gasteiger partial charge on any atom is 0.471 e. The minimum Gasteiger partial charge on any atom is -0.381 e. The van der Waals surface area contributed by atoms with Crippen molar-refractivity contribution in [3.8, 4) is 0 Å². The number of H-pyrrole nitrogens is 1. The summed E-state index contributed by atoms with van der Waals surface area (Å²) in [4.78, 5) is 36.0. The number of hydrogen-bond acceptors (Lipinski definition) is 8. The van der Waals surface area contributed by atoms with Gasteiger partial charge in [-0.15, -0.1) is 0 Å². The van der Waals surface area contributed by atoms with E-state index in [2.05, 4.69) is 30.7 Å². The van der Waals surface area contributed by atoms with Crippen molar-refractivity contribution >= 4 is 51.5 Å². The van der Waals surface area contributed by atoms with Gasteiger partial charge in [-0.05, 0) is 62.4 Å². The molecule has 248 valence electrons. The number of aromatic amines is 1. The van der Waals surface area contributed by atoms with Crippen molar-refractivity contribution < 1.29 is 36.3 Å². The van der Waals surface area contributed by atoms with Crippen LogP contribution in [0.4, 0.5) is 50.6 Å². The number of carbonyl (C=O) groups excluding carboxylic acids is 2. The summed E-state index contributed by atoms with van der Waals surface area (Å²) in [5.74, 6) is -4.26. The summed E-state index contributed by atoms with van der Waals surface area (Å²) in [6.45, 7) is 2.98. The summed E-state index contributed by atoms with van der Waals surface area (Å²) in [5, 5.41) is 12.1. The van der Waals surface area contributed by atoms with Crippen LogP contribution in [0.25, 0.3) is 11.0 Å². The number of ether oxygens (including phenoxy) is 1. The number of aromatic nitrogens is 3. The monoisotopic (exact) mass is 658 g/mol. The van der Waals surface area contributed by atoms with Gasteiger partial charge in [0.05, 0.1) is 22.5 Å². The van der Waals surface area contributed by atoms with Gasteiger partial charge in [0, 0.05) is 57.2 Å². The van der Waals surface area contributed by atoms with Crippen LogP contribution in [0.2, 0.25) is 0 Å². The molecule has 0 spiro atoms. The summed E-state index contributed by atoms with van der Waals surface area (Å²) in [7, 11) is 1.97. The average Bonchev–Trinajstić information content (AvgIpc) is 3.45. The van der Waals surface area contributed by atoms with Crippen LogP contribution in [0.1, 0.15) is 23.2 Å². The van der Waals surface area contributed by atoms with E-state index in [0.717, 1.165) is 31.3 Å². The Hall–Kier alpha value is -4.83. The van der Waals surface area contributed by atoms with Crippen LogP contribution in [0, 0.1) is 11.6 Å². The number of hydrogen-bond donors (Lipinski definition) is 3. The first-order valence-corrected chi connectivity index (χ1v) is 14.9. The Labute approximate surface area is 265 Å². The third-order valence-electron chi connectivity index (χ3n) is 8.20. The first-order chi connectivity index (χ1) is 22.5. The number of fused-ring (bicyclic) bond motifs is 1. The van der Waals surface area contributed by atoms with Crippen LogP contribution >= 0.6 is 0 Å². The highest BCUT2D eigenvalue weighted by molar-refractivity contribution is 6.13. The van der Waals surface area contributed by atoms with E-state index in [1.54, 1.807) is 12.1 Å². The smallest absolute Gasteiger partial charge is 0.381 e. The molecule has 3 N–H and O–H groups in total. The molecule has 0 unspecified atom stereocenters. The molecule has 16 heteroatoms. The zero-order valence-corrected chi connectivity index (χ0v) is 25.2. The third-order valence-corrected chi connectivity index (χ3v) is 8.20. The summed E-state index contributed by atoms with van der Waals surface area (Å²) in [6, 6.07) is 9.55. The molecular weight excluding hydrogens is 627 g/mol. The number of amides is 2.